The van der Waals surface area contributed by atoms with Crippen LogP contribution in [-0.2, 0) is 0 Å². The van der Waals surface area contributed by atoms with Crippen molar-refractivity contribution in [1.29, 1.82) is 0 Å². The van der Waals surface area contributed by atoms with Gasteiger partial charge in [0.2, 0.25) is 0 Å². The van der Waals surface area contributed by atoms with E-state index in [1.54, 1.807) is 6.07 Å². The number of terminal acetylenes is 1. The Balaban J connectivity index is 2.44. The van der Waals surface area contributed by atoms with Crippen molar-refractivity contribution in [3.63, 3.8) is 0 Å². The number of thiophene rings is 1. The van der Waals surface area contributed by atoms with E-state index in [1.807, 2.05) is 6.92 Å². The predicted octanol–water partition coefficient (Wildman–Crippen LogP) is 1.78. The van der Waals surface area contributed by atoms with Crippen LogP contribution in [0.5, 0.6) is 0 Å². The Morgan fingerprint density at radius 3 is 3.00 bits per heavy atom. The minimum atomic E-state index is -0.0724. The van der Waals surface area contributed by atoms with Crippen LogP contribution in [0, 0.1) is 19.3 Å². The molecule has 0 aliphatic carbocycles. The molecular formula is C11H14N2OS. The number of nitrogens with one attached hydrogen (secondary N) is 1. The molecule has 3 N–H and O–H groups in total. The number of nitrogen functional groups attached to an aromatic ring is 1. The van der Waals surface area contributed by atoms with E-state index in [9.17, 15) is 4.79 Å². The van der Waals surface area contributed by atoms with Crippen molar-refractivity contribution in [2.75, 3.05) is 12.3 Å². The molecule has 0 spiro atoms. The highest BCUT2D eigenvalue weighted by molar-refractivity contribution is 7.14. The fourth-order valence-corrected chi connectivity index (χ4v) is 1.94. The molecule has 80 valence electrons. The molecule has 1 rings (SSSR count). The highest BCUT2D eigenvalue weighted by atomic mass is 32.1. The first-order chi connectivity index (χ1) is 7.15. The summed E-state index contributed by atoms with van der Waals surface area (Å²) in [7, 11) is 0. The van der Waals surface area contributed by atoms with Crippen LogP contribution in [0.3, 0.4) is 0 Å². The van der Waals surface area contributed by atoms with Gasteiger partial charge in [-0.3, -0.25) is 4.79 Å². The first-order valence-corrected chi connectivity index (χ1v) is 5.54. The standard InChI is InChI=1S/C11H14N2OS/c1-3-4-5-6-13-11(14)10-7-9(12)8(2)15-10/h1,7H,4-6,12H2,2H3,(H,13,14). The summed E-state index contributed by atoms with van der Waals surface area (Å²) in [5, 5.41) is 2.79. The van der Waals surface area contributed by atoms with Crippen molar-refractivity contribution in [2.24, 2.45) is 0 Å². The molecule has 0 aromatic carbocycles. The molecule has 0 atom stereocenters. The van der Waals surface area contributed by atoms with Crippen LogP contribution in [0.15, 0.2) is 6.07 Å². The van der Waals surface area contributed by atoms with E-state index in [0.29, 0.717) is 23.5 Å². The predicted molar refractivity (Wildman–Crippen MR) is 63.9 cm³/mol. The number of hydrogen-bond acceptors (Lipinski definition) is 3. The third kappa shape index (κ3) is 3.30. The molecule has 0 aliphatic heterocycles. The van der Waals surface area contributed by atoms with E-state index >= 15 is 0 Å². The molecular weight excluding hydrogens is 208 g/mol. The topological polar surface area (TPSA) is 55.1 Å². The normalized spacial score (nSPS) is 9.60. The molecule has 15 heavy (non-hydrogen) atoms. The van der Waals surface area contributed by atoms with Gasteiger partial charge in [-0.15, -0.1) is 23.7 Å². The number of carbonyl (C=O) groups is 1. The quantitative estimate of drug-likeness (QED) is 0.602. The lowest BCUT2D eigenvalue weighted by Crippen LogP contribution is -2.23. The number of carbonyl (C=O) groups excluding carboxylic acids is 1. The second-order valence-corrected chi connectivity index (χ2v) is 4.44. The van der Waals surface area contributed by atoms with Gasteiger partial charge in [-0.05, 0) is 19.4 Å². The van der Waals surface area contributed by atoms with Crippen LogP contribution in [0.4, 0.5) is 5.69 Å². The third-order valence-corrected chi connectivity index (χ3v) is 3.03. The summed E-state index contributed by atoms with van der Waals surface area (Å²) in [6.07, 6.45) is 6.60. The zero-order chi connectivity index (χ0) is 11.3. The van der Waals surface area contributed by atoms with Crippen LogP contribution in [-0.4, -0.2) is 12.5 Å². The van der Waals surface area contributed by atoms with Crippen molar-refractivity contribution in [3.8, 4) is 12.3 Å². The molecule has 0 bridgehead atoms. The zero-order valence-corrected chi connectivity index (χ0v) is 9.49. The van der Waals surface area contributed by atoms with Crippen LogP contribution in [0.25, 0.3) is 0 Å². The third-order valence-electron chi connectivity index (χ3n) is 1.96. The molecule has 1 amide bonds. The Morgan fingerprint density at radius 1 is 1.73 bits per heavy atom. The minimum absolute atomic E-state index is 0.0724. The van der Waals surface area contributed by atoms with Gasteiger partial charge in [-0.2, -0.15) is 0 Å². The average molecular weight is 222 g/mol. The van der Waals surface area contributed by atoms with Crippen molar-refractivity contribution in [3.05, 3.63) is 15.8 Å². The summed E-state index contributed by atoms with van der Waals surface area (Å²) in [6.45, 7) is 2.51. The zero-order valence-electron chi connectivity index (χ0n) is 8.67. The molecule has 0 radical (unpaired) electrons. The summed E-state index contributed by atoms with van der Waals surface area (Å²) < 4.78 is 0. The van der Waals surface area contributed by atoms with Gasteiger partial charge >= 0.3 is 0 Å². The second-order valence-electron chi connectivity index (χ2n) is 3.19. The number of rotatable bonds is 4. The molecule has 4 heteroatoms. The Kier molecular flexibility index (Phi) is 4.19. The van der Waals surface area contributed by atoms with Gasteiger partial charge in [-0.1, -0.05) is 0 Å². The van der Waals surface area contributed by atoms with Gasteiger partial charge < -0.3 is 11.1 Å². The van der Waals surface area contributed by atoms with Crippen LogP contribution < -0.4 is 11.1 Å². The average Bonchev–Trinajstić information content (AvgIpc) is 2.54. The smallest absolute Gasteiger partial charge is 0.261 e. The summed E-state index contributed by atoms with van der Waals surface area (Å²) >= 11 is 1.41. The molecule has 1 heterocycles. The Labute approximate surface area is 93.7 Å². The number of hydrogen-bond donors (Lipinski definition) is 2. The molecule has 3 nitrogen and oxygen atoms in total. The van der Waals surface area contributed by atoms with Crippen molar-refractivity contribution >= 4 is 22.9 Å². The highest BCUT2D eigenvalue weighted by Crippen LogP contribution is 2.22. The van der Waals surface area contributed by atoms with Gasteiger partial charge in [0, 0.05) is 23.5 Å². The van der Waals surface area contributed by atoms with Gasteiger partial charge in [-0.25, -0.2) is 0 Å². The fourth-order valence-electron chi connectivity index (χ4n) is 1.09. The van der Waals surface area contributed by atoms with Crippen molar-refractivity contribution < 1.29 is 4.79 Å². The van der Waals surface area contributed by atoms with Crippen LogP contribution in [0.1, 0.15) is 27.4 Å². The van der Waals surface area contributed by atoms with E-state index in [2.05, 4.69) is 11.2 Å². The summed E-state index contributed by atoms with van der Waals surface area (Å²) in [5.41, 5.74) is 6.33. The molecule has 1 aromatic rings. The first kappa shape index (κ1) is 11.6. The molecule has 0 fully saturated rings. The highest BCUT2D eigenvalue weighted by Gasteiger charge is 2.09. The number of anilines is 1. The maximum atomic E-state index is 11.6. The van der Waals surface area contributed by atoms with Crippen molar-refractivity contribution in [2.45, 2.75) is 19.8 Å². The Bertz CT molecular complexity index is 370. The first-order valence-electron chi connectivity index (χ1n) is 4.72. The Morgan fingerprint density at radius 2 is 2.47 bits per heavy atom. The van der Waals surface area contributed by atoms with Gasteiger partial charge in [0.15, 0.2) is 0 Å². The van der Waals surface area contributed by atoms with Gasteiger partial charge in [0.25, 0.3) is 5.91 Å². The minimum Gasteiger partial charge on any atom is -0.398 e. The number of amides is 1. The lowest BCUT2D eigenvalue weighted by atomic mass is 10.3. The van der Waals surface area contributed by atoms with E-state index in [-0.39, 0.29) is 5.91 Å². The second kappa shape index (κ2) is 5.42. The molecule has 0 saturated heterocycles. The van der Waals surface area contributed by atoms with E-state index in [0.717, 1.165) is 11.3 Å². The number of nitrogens with two attached hydrogens (primary N) is 1. The van der Waals surface area contributed by atoms with E-state index in [4.69, 9.17) is 12.2 Å². The summed E-state index contributed by atoms with van der Waals surface area (Å²) in [6, 6.07) is 1.70. The number of aryl methyl sites for hydroxylation is 1. The Hall–Kier alpha value is -1.47. The largest absolute Gasteiger partial charge is 0.398 e. The van der Waals surface area contributed by atoms with Crippen LogP contribution in [0.2, 0.25) is 0 Å². The fraction of sp³-hybridized carbons (Fsp3) is 0.364. The lowest BCUT2D eigenvalue weighted by Gasteiger charge is -2.00. The molecule has 1 aromatic heterocycles. The molecule has 0 saturated carbocycles. The molecule has 0 aliphatic rings. The monoisotopic (exact) mass is 222 g/mol. The maximum absolute atomic E-state index is 11.6. The summed E-state index contributed by atoms with van der Waals surface area (Å²) in [4.78, 5) is 13.2. The molecule has 0 unspecified atom stereocenters. The van der Waals surface area contributed by atoms with E-state index < -0.39 is 0 Å². The number of unbranched alkanes of at least 4 members (excludes halogenated alkanes) is 1. The van der Waals surface area contributed by atoms with E-state index in [1.165, 1.54) is 11.3 Å². The lowest BCUT2D eigenvalue weighted by molar-refractivity contribution is 0.0957. The van der Waals surface area contributed by atoms with Gasteiger partial charge in [0.05, 0.1) is 4.88 Å². The maximum Gasteiger partial charge on any atom is 0.261 e. The van der Waals surface area contributed by atoms with Crippen molar-refractivity contribution in [1.82, 2.24) is 5.32 Å². The SMILES string of the molecule is C#CCCCNC(=O)c1cc(N)c(C)s1. The summed E-state index contributed by atoms with van der Waals surface area (Å²) in [5.74, 6) is 2.45. The van der Waals surface area contributed by atoms with Gasteiger partial charge in [0.1, 0.15) is 0 Å². The van der Waals surface area contributed by atoms with Crippen LogP contribution >= 0.6 is 11.3 Å².